The van der Waals surface area contributed by atoms with E-state index in [2.05, 4.69) is 22.2 Å². The van der Waals surface area contributed by atoms with Crippen molar-refractivity contribution in [1.82, 2.24) is 20.0 Å². The quantitative estimate of drug-likeness (QED) is 0.789. The van der Waals surface area contributed by atoms with E-state index < -0.39 is 5.97 Å². The van der Waals surface area contributed by atoms with Crippen LogP contribution < -0.4 is 5.32 Å². The third-order valence-corrected chi connectivity index (χ3v) is 3.60. The third-order valence-electron chi connectivity index (χ3n) is 3.60. The van der Waals surface area contributed by atoms with Gasteiger partial charge in [0.05, 0.1) is 11.9 Å². The molecule has 2 heterocycles. The fraction of sp³-hybridized carbons (Fsp3) is 0.667. The number of likely N-dealkylation sites (N-methyl/N-ethyl adjacent to an activating group) is 1. The second kappa shape index (κ2) is 5.49. The average molecular weight is 252 g/mol. The Bertz CT molecular complexity index is 424. The van der Waals surface area contributed by atoms with Gasteiger partial charge in [0.15, 0.2) is 0 Å². The maximum Gasteiger partial charge on any atom is 0.339 e. The van der Waals surface area contributed by atoms with Crippen LogP contribution in [-0.4, -0.2) is 51.4 Å². The normalized spacial score (nSPS) is 19.6. The zero-order valence-corrected chi connectivity index (χ0v) is 10.9. The van der Waals surface area contributed by atoms with E-state index in [1.54, 1.807) is 11.7 Å². The van der Waals surface area contributed by atoms with Crippen LogP contribution in [0.15, 0.2) is 6.20 Å². The van der Waals surface area contributed by atoms with Gasteiger partial charge in [-0.25, -0.2) is 4.79 Å². The van der Waals surface area contributed by atoms with Crippen LogP contribution >= 0.6 is 0 Å². The standard InChI is InChI=1S/C12H20N4O2/c1-3-16(9-4-5-13-6-9)8-11-10(12(17)18)7-14-15(11)2/h7,9,13H,3-6,8H2,1-2H3,(H,17,18). The van der Waals surface area contributed by atoms with Gasteiger partial charge in [0.25, 0.3) is 0 Å². The first-order chi connectivity index (χ1) is 8.63. The molecule has 2 N–H and O–H groups in total. The van der Waals surface area contributed by atoms with Crippen molar-refractivity contribution in [3.8, 4) is 0 Å². The van der Waals surface area contributed by atoms with Crippen molar-refractivity contribution in [3.05, 3.63) is 17.5 Å². The van der Waals surface area contributed by atoms with E-state index in [0.29, 0.717) is 18.2 Å². The minimum Gasteiger partial charge on any atom is -0.478 e. The second-order valence-electron chi connectivity index (χ2n) is 4.64. The van der Waals surface area contributed by atoms with Gasteiger partial charge >= 0.3 is 5.97 Å². The summed E-state index contributed by atoms with van der Waals surface area (Å²) in [5, 5.41) is 16.5. The molecule has 0 amide bonds. The number of nitrogens with one attached hydrogen (secondary N) is 1. The van der Waals surface area contributed by atoms with E-state index in [4.69, 9.17) is 5.11 Å². The number of carbonyl (C=O) groups is 1. The highest BCUT2D eigenvalue weighted by atomic mass is 16.4. The summed E-state index contributed by atoms with van der Waals surface area (Å²) in [6, 6.07) is 0.492. The highest BCUT2D eigenvalue weighted by molar-refractivity contribution is 5.88. The molecule has 1 aliphatic heterocycles. The molecular weight excluding hydrogens is 232 g/mol. The van der Waals surface area contributed by atoms with E-state index in [1.165, 1.54) is 6.20 Å². The first-order valence-corrected chi connectivity index (χ1v) is 6.32. The summed E-state index contributed by atoms with van der Waals surface area (Å²) in [4.78, 5) is 13.5. The first-order valence-electron chi connectivity index (χ1n) is 6.32. The molecule has 1 unspecified atom stereocenters. The van der Waals surface area contributed by atoms with E-state index >= 15 is 0 Å². The fourth-order valence-corrected chi connectivity index (χ4v) is 2.47. The summed E-state index contributed by atoms with van der Waals surface area (Å²) in [6.07, 6.45) is 2.55. The number of hydrogen-bond acceptors (Lipinski definition) is 4. The number of aryl methyl sites for hydroxylation is 1. The minimum atomic E-state index is -0.904. The number of rotatable bonds is 5. The van der Waals surface area contributed by atoms with Crippen LogP contribution in [0.2, 0.25) is 0 Å². The van der Waals surface area contributed by atoms with Gasteiger partial charge < -0.3 is 10.4 Å². The number of carboxylic acids is 1. The number of nitrogens with zero attached hydrogens (tertiary/aromatic N) is 3. The van der Waals surface area contributed by atoms with Crippen molar-refractivity contribution in [3.63, 3.8) is 0 Å². The molecule has 1 saturated heterocycles. The smallest absolute Gasteiger partial charge is 0.339 e. The van der Waals surface area contributed by atoms with Gasteiger partial charge in [0, 0.05) is 26.2 Å². The highest BCUT2D eigenvalue weighted by Crippen LogP contribution is 2.15. The molecule has 2 rings (SSSR count). The lowest BCUT2D eigenvalue weighted by Gasteiger charge is -2.27. The number of hydrogen-bond donors (Lipinski definition) is 2. The molecular formula is C12H20N4O2. The zero-order chi connectivity index (χ0) is 13.1. The van der Waals surface area contributed by atoms with E-state index in [0.717, 1.165) is 31.7 Å². The monoisotopic (exact) mass is 252 g/mol. The van der Waals surface area contributed by atoms with Crippen molar-refractivity contribution in [2.45, 2.75) is 25.9 Å². The molecule has 1 aliphatic rings. The number of aromatic nitrogens is 2. The van der Waals surface area contributed by atoms with Gasteiger partial charge in [-0.1, -0.05) is 6.92 Å². The van der Waals surface area contributed by atoms with Crippen LogP contribution in [0.5, 0.6) is 0 Å². The van der Waals surface area contributed by atoms with Crippen LogP contribution in [0.4, 0.5) is 0 Å². The summed E-state index contributed by atoms with van der Waals surface area (Å²) >= 11 is 0. The van der Waals surface area contributed by atoms with Crippen LogP contribution in [0, 0.1) is 0 Å². The second-order valence-corrected chi connectivity index (χ2v) is 4.64. The van der Waals surface area contributed by atoms with Crippen molar-refractivity contribution in [2.24, 2.45) is 7.05 Å². The molecule has 0 bridgehead atoms. The summed E-state index contributed by atoms with van der Waals surface area (Å²) < 4.78 is 1.66. The molecule has 1 aromatic rings. The van der Waals surface area contributed by atoms with E-state index in [-0.39, 0.29) is 0 Å². The summed E-state index contributed by atoms with van der Waals surface area (Å²) in [7, 11) is 1.79. The third kappa shape index (κ3) is 2.54. The maximum absolute atomic E-state index is 11.1. The highest BCUT2D eigenvalue weighted by Gasteiger charge is 2.24. The molecule has 1 atom stereocenters. The topological polar surface area (TPSA) is 70.4 Å². The molecule has 0 saturated carbocycles. The molecule has 1 aromatic heterocycles. The van der Waals surface area contributed by atoms with Gasteiger partial charge in [-0.3, -0.25) is 9.58 Å². The van der Waals surface area contributed by atoms with Crippen molar-refractivity contribution in [2.75, 3.05) is 19.6 Å². The van der Waals surface area contributed by atoms with Gasteiger partial charge in [-0.05, 0) is 19.5 Å². The summed E-state index contributed by atoms with van der Waals surface area (Å²) in [6.45, 7) is 5.68. The molecule has 6 heteroatoms. The molecule has 0 aliphatic carbocycles. The van der Waals surface area contributed by atoms with Crippen molar-refractivity contribution < 1.29 is 9.90 Å². The Kier molecular flexibility index (Phi) is 3.98. The maximum atomic E-state index is 11.1. The van der Waals surface area contributed by atoms with Gasteiger partial charge in [0.1, 0.15) is 5.56 Å². The Labute approximate surface area is 107 Å². The van der Waals surface area contributed by atoms with Crippen molar-refractivity contribution >= 4 is 5.97 Å². The SMILES string of the molecule is CCN(Cc1c(C(=O)O)cnn1C)C1CCNC1. The van der Waals surface area contributed by atoms with Crippen molar-refractivity contribution in [1.29, 1.82) is 0 Å². The molecule has 0 radical (unpaired) electrons. The summed E-state index contributed by atoms with van der Waals surface area (Å²) in [5.74, 6) is -0.904. The molecule has 1 fully saturated rings. The first kappa shape index (κ1) is 13.0. The van der Waals surface area contributed by atoms with Gasteiger partial charge in [-0.2, -0.15) is 5.10 Å². The lowest BCUT2D eigenvalue weighted by molar-refractivity contribution is 0.0693. The average Bonchev–Trinajstić information content (AvgIpc) is 2.96. The Morgan fingerprint density at radius 1 is 1.72 bits per heavy atom. The van der Waals surface area contributed by atoms with E-state index in [9.17, 15) is 4.79 Å². The van der Waals surface area contributed by atoms with Crippen LogP contribution in [0.1, 0.15) is 29.4 Å². The van der Waals surface area contributed by atoms with Gasteiger partial charge in [0.2, 0.25) is 0 Å². The summed E-state index contributed by atoms with van der Waals surface area (Å²) in [5.41, 5.74) is 1.08. The Morgan fingerprint density at radius 3 is 3.06 bits per heavy atom. The van der Waals surface area contributed by atoms with E-state index in [1.807, 2.05) is 0 Å². The zero-order valence-electron chi connectivity index (χ0n) is 10.9. The molecule has 0 aromatic carbocycles. The molecule has 0 spiro atoms. The van der Waals surface area contributed by atoms with Crippen LogP contribution in [-0.2, 0) is 13.6 Å². The molecule has 6 nitrogen and oxygen atoms in total. The molecule has 100 valence electrons. The Balaban J connectivity index is 2.15. The predicted octanol–water partition coefficient (Wildman–Crippen LogP) is 0.302. The van der Waals surface area contributed by atoms with Crippen LogP contribution in [0.25, 0.3) is 0 Å². The number of aromatic carboxylic acids is 1. The van der Waals surface area contributed by atoms with Gasteiger partial charge in [-0.15, -0.1) is 0 Å². The number of carboxylic acid groups (broad SMARTS) is 1. The fourth-order valence-electron chi connectivity index (χ4n) is 2.47. The predicted molar refractivity (Wildman–Crippen MR) is 67.5 cm³/mol. The Morgan fingerprint density at radius 2 is 2.50 bits per heavy atom. The lowest BCUT2D eigenvalue weighted by atomic mass is 10.1. The lowest BCUT2D eigenvalue weighted by Crippen LogP contribution is -2.37. The molecule has 18 heavy (non-hydrogen) atoms. The van der Waals surface area contributed by atoms with Crippen LogP contribution in [0.3, 0.4) is 0 Å². The minimum absolute atomic E-state index is 0.307. The Hall–Kier alpha value is -1.40. The largest absolute Gasteiger partial charge is 0.478 e.